The molecule has 1 aromatic heterocycles. The fourth-order valence-electron chi connectivity index (χ4n) is 3.27. The van der Waals surface area contributed by atoms with Gasteiger partial charge < -0.3 is 5.32 Å². The molecule has 3 rings (SSSR count). The molecule has 0 radical (unpaired) electrons. The van der Waals surface area contributed by atoms with Crippen molar-refractivity contribution in [2.45, 2.75) is 44.2 Å². The molecule has 0 saturated carbocycles. The van der Waals surface area contributed by atoms with Crippen molar-refractivity contribution in [1.82, 2.24) is 10.2 Å². The highest BCUT2D eigenvalue weighted by Crippen LogP contribution is 2.33. The van der Waals surface area contributed by atoms with Crippen molar-refractivity contribution in [3.8, 4) is 0 Å². The molecule has 94 valence electrons. The second-order valence-electron chi connectivity index (χ2n) is 5.26. The van der Waals surface area contributed by atoms with Crippen LogP contribution in [0.15, 0.2) is 17.5 Å². The maximum Gasteiger partial charge on any atom is 0.0595 e. The average Bonchev–Trinajstić information content (AvgIpc) is 3.04. The summed E-state index contributed by atoms with van der Waals surface area (Å²) in [4.78, 5) is 4.28. The molecule has 0 bridgehead atoms. The van der Waals surface area contributed by atoms with Crippen LogP contribution in [0.3, 0.4) is 0 Å². The van der Waals surface area contributed by atoms with Gasteiger partial charge in [-0.3, -0.25) is 4.90 Å². The lowest BCUT2D eigenvalue weighted by Gasteiger charge is -2.37. The van der Waals surface area contributed by atoms with Crippen molar-refractivity contribution in [1.29, 1.82) is 0 Å². The number of rotatable bonds is 3. The highest BCUT2D eigenvalue weighted by Gasteiger charge is 2.32. The predicted octanol–water partition coefficient (Wildman–Crippen LogP) is 3.03. The van der Waals surface area contributed by atoms with Gasteiger partial charge in [0.2, 0.25) is 0 Å². The van der Waals surface area contributed by atoms with Gasteiger partial charge in [0.1, 0.15) is 0 Å². The van der Waals surface area contributed by atoms with Gasteiger partial charge in [0.15, 0.2) is 0 Å². The Balaban J connectivity index is 1.79. The molecule has 0 spiro atoms. The molecule has 0 aromatic carbocycles. The Kier molecular flexibility index (Phi) is 3.79. The molecule has 2 nitrogen and oxygen atoms in total. The first-order valence-electron chi connectivity index (χ1n) is 6.96. The second kappa shape index (κ2) is 5.51. The van der Waals surface area contributed by atoms with Crippen LogP contribution in [0, 0.1) is 0 Å². The SMILES string of the molecule is c1csc(C(C2CCCN2)N2CCCCC2)c1. The van der Waals surface area contributed by atoms with E-state index in [-0.39, 0.29) is 0 Å². The van der Waals surface area contributed by atoms with E-state index in [1.807, 2.05) is 11.3 Å². The summed E-state index contributed by atoms with van der Waals surface area (Å²) in [5, 5.41) is 5.93. The predicted molar refractivity (Wildman–Crippen MR) is 73.5 cm³/mol. The molecule has 2 atom stereocenters. The molecule has 3 heteroatoms. The van der Waals surface area contributed by atoms with E-state index < -0.39 is 0 Å². The first-order valence-corrected chi connectivity index (χ1v) is 7.84. The first kappa shape index (κ1) is 11.7. The lowest BCUT2D eigenvalue weighted by Crippen LogP contribution is -2.43. The Morgan fingerprint density at radius 1 is 1.24 bits per heavy atom. The number of likely N-dealkylation sites (tertiary alicyclic amines) is 1. The molecule has 0 amide bonds. The van der Waals surface area contributed by atoms with Crippen LogP contribution < -0.4 is 5.32 Å². The Hall–Kier alpha value is -0.380. The van der Waals surface area contributed by atoms with Gasteiger partial charge in [0, 0.05) is 10.9 Å². The van der Waals surface area contributed by atoms with Crippen LogP contribution in [-0.4, -0.2) is 30.6 Å². The third-order valence-electron chi connectivity index (χ3n) is 4.10. The zero-order valence-electron chi connectivity index (χ0n) is 10.4. The molecule has 3 heterocycles. The minimum absolute atomic E-state index is 0.637. The summed E-state index contributed by atoms with van der Waals surface area (Å²) in [5.74, 6) is 0. The second-order valence-corrected chi connectivity index (χ2v) is 6.24. The minimum Gasteiger partial charge on any atom is -0.312 e. The standard InChI is InChI=1S/C14H22N2S/c1-2-9-16(10-3-1)14(12-6-4-8-15-12)13-7-5-11-17-13/h5,7,11-12,14-15H,1-4,6,8-10H2. The number of nitrogens with zero attached hydrogens (tertiary/aromatic N) is 1. The van der Waals surface area contributed by atoms with Crippen LogP contribution in [0.1, 0.15) is 43.0 Å². The van der Waals surface area contributed by atoms with Crippen LogP contribution in [0.25, 0.3) is 0 Å². The van der Waals surface area contributed by atoms with Gasteiger partial charge in [0.05, 0.1) is 6.04 Å². The third-order valence-corrected chi connectivity index (χ3v) is 5.04. The van der Waals surface area contributed by atoms with Crippen LogP contribution >= 0.6 is 11.3 Å². The van der Waals surface area contributed by atoms with Crippen molar-refractivity contribution < 1.29 is 0 Å². The maximum atomic E-state index is 3.71. The van der Waals surface area contributed by atoms with Gasteiger partial charge in [-0.2, -0.15) is 0 Å². The summed E-state index contributed by atoms with van der Waals surface area (Å²) in [6.07, 6.45) is 6.88. The zero-order chi connectivity index (χ0) is 11.5. The minimum atomic E-state index is 0.637. The van der Waals surface area contributed by atoms with E-state index >= 15 is 0 Å². The Labute approximate surface area is 108 Å². The van der Waals surface area contributed by atoms with E-state index in [9.17, 15) is 0 Å². The maximum absolute atomic E-state index is 3.71. The van der Waals surface area contributed by atoms with Crippen molar-refractivity contribution in [3.05, 3.63) is 22.4 Å². The zero-order valence-corrected chi connectivity index (χ0v) is 11.2. The summed E-state index contributed by atoms with van der Waals surface area (Å²) in [5.41, 5.74) is 0. The Bertz CT molecular complexity index is 324. The Morgan fingerprint density at radius 3 is 2.76 bits per heavy atom. The quantitative estimate of drug-likeness (QED) is 0.887. The van der Waals surface area contributed by atoms with Crippen molar-refractivity contribution in [2.75, 3.05) is 19.6 Å². The molecular formula is C14H22N2S. The molecule has 2 saturated heterocycles. The number of piperidine rings is 1. The average molecular weight is 250 g/mol. The molecule has 1 aromatic rings. The summed E-state index contributed by atoms with van der Waals surface area (Å²) in [6.45, 7) is 3.79. The van der Waals surface area contributed by atoms with Gasteiger partial charge in [-0.1, -0.05) is 12.5 Å². The van der Waals surface area contributed by atoms with Gasteiger partial charge in [0.25, 0.3) is 0 Å². The van der Waals surface area contributed by atoms with Gasteiger partial charge in [-0.25, -0.2) is 0 Å². The van der Waals surface area contributed by atoms with Crippen LogP contribution in [0.4, 0.5) is 0 Å². The third kappa shape index (κ3) is 2.56. The van der Waals surface area contributed by atoms with E-state index in [4.69, 9.17) is 0 Å². The Morgan fingerprint density at radius 2 is 2.12 bits per heavy atom. The van der Waals surface area contributed by atoms with Crippen molar-refractivity contribution in [3.63, 3.8) is 0 Å². The molecule has 0 aliphatic carbocycles. The van der Waals surface area contributed by atoms with E-state index in [0.717, 1.165) is 0 Å². The number of hydrogen-bond donors (Lipinski definition) is 1. The number of hydrogen-bond acceptors (Lipinski definition) is 3. The molecule has 2 fully saturated rings. The van der Waals surface area contributed by atoms with Crippen LogP contribution in [0.5, 0.6) is 0 Å². The molecular weight excluding hydrogens is 228 g/mol. The van der Waals surface area contributed by atoms with Gasteiger partial charge in [-0.05, 0) is 56.8 Å². The molecule has 2 aliphatic heterocycles. The van der Waals surface area contributed by atoms with Crippen LogP contribution in [-0.2, 0) is 0 Å². The highest BCUT2D eigenvalue weighted by molar-refractivity contribution is 7.10. The summed E-state index contributed by atoms with van der Waals surface area (Å²) in [7, 11) is 0. The fourth-order valence-corrected chi connectivity index (χ4v) is 4.19. The number of nitrogens with one attached hydrogen (secondary N) is 1. The lowest BCUT2D eigenvalue weighted by atomic mass is 10.00. The summed E-state index contributed by atoms with van der Waals surface area (Å²) in [6, 6.07) is 5.85. The van der Waals surface area contributed by atoms with Crippen molar-refractivity contribution >= 4 is 11.3 Å². The topological polar surface area (TPSA) is 15.3 Å². The monoisotopic (exact) mass is 250 g/mol. The summed E-state index contributed by atoms with van der Waals surface area (Å²) >= 11 is 1.93. The highest BCUT2D eigenvalue weighted by atomic mass is 32.1. The lowest BCUT2D eigenvalue weighted by molar-refractivity contribution is 0.138. The van der Waals surface area contributed by atoms with E-state index in [0.29, 0.717) is 12.1 Å². The van der Waals surface area contributed by atoms with Crippen molar-refractivity contribution in [2.24, 2.45) is 0 Å². The van der Waals surface area contributed by atoms with E-state index in [2.05, 4.69) is 27.7 Å². The molecule has 2 unspecified atom stereocenters. The van der Waals surface area contributed by atoms with E-state index in [1.54, 1.807) is 4.88 Å². The smallest absolute Gasteiger partial charge is 0.0595 e. The normalized spacial score (nSPS) is 28.4. The summed E-state index contributed by atoms with van der Waals surface area (Å²) < 4.78 is 0. The van der Waals surface area contributed by atoms with Gasteiger partial charge >= 0.3 is 0 Å². The molecule has 17 heavy (non-hydrogen) atoms. The van der Waals surface area contributed by atoms with Crippen LogP contribution in [0.2, 0.25) is 0 Å². The molecule has 1 N–H and O–H groups in total. The fraction of sp³-hybridized carbons (Fsp3) is 0.714. The van der Waals surface area contributed by atoms with E-state index in [1.165, 1.54) is 51.7 Å². The van der Waals surface area contributed by atoms with Gasteiger partial charge in [-0.15, -0.1) is 11.3 Å². The number of thiophene rings is 1. The first-order chi connectivity index (χ1) is 8.45. The molecule has 2 aliphatic rings. The largest absolute Gasteiger partial charge is 0.312 e.